The van der Waals surface area contributed by atoms with Crippen LogP contribution in [0.15, 0.2) is 28.7 Å². The van der Waals surface area contributed by atoms with Gasteiger partial charge in [0, 0.05) is 44.6 Å². The third-order valence-corrected chi connectivity index (χ3v) is 3.97. The molecule has 1 aliphatic rings. The summed E-state index contributed by atoms with van der Waals surface area (Å²) in [6, 6.07) is 5.86. The Morgan fingerprint density at radius 3 is 2.57 bits per heavy atom. The van der Waals surface area contributed by atoms with E-state index in [2.05, 4.69) is 22.1 Å². The van der Waals surface area contributed by atoms with Gasteiger partial charge in [-0.3, -0.25) is 4.79 Å². The van der Waals surface area contributed by atoms with Crippen molar-refractivity contribution in [1.29, 1.82) is 0 Å². The average molecular weight is 318 g/mol. The van der Waals surface area contributed by atoms with Crippen molar-refractivity contribution in [2.75, 3.05) is 33.2 Å². The maximum atomic E-state index is 12.9. The molecular formula is C16H19FN4O2. The third kappa shape index (κ3) is 3.92. The third-order valence-electron chi connectivity index (χ3n) is 3.97. The van der Waals surface area contributed by atoms with Crippen LogP contribution >= 0.6 is 0 Å². The number of halogens is 1. The number of benzene rings is 1. The fourth-order valence-electron chi connectivity index (χ4n) is 2.49. The van der Waals surface area contributed by atoms with Gasteiger partial charge in [0.2, 0.25) is 17.7 Å². The van der Waals surface area contributed by atoms with Crippen LogP contribution in [0.2, 0.25) is 0 Å². The second kappa shape index (κ2) is 6.87. The molecule has 0 bridgehead atoms. The highest BCUT2D eigenvalue weighted by molar-refractivity contribution is 5.76. The van der Waals surface area contributed by atoms with Gasteiger partial charge in [0.25, 0.3) is 0 Å². The summed E-state index contributed by atoms with van der Waals surface area (Å²) in [6.07, 6.45) is 0.772. The molecule has 1 aromatic carbocycles. The number of nitrogens with zero attached hydrogens (tertiary/aromatic N) is 4. The van der Waals surface area contributed by atoms with Crippen LogP contribution < -0.4 is 0 Å². The molecule has 3 rings (SSSR count). The Hall–Kier alpha value is -2.28. The van der Waals surface area contributed by atoms with Crippen LogP contribution in [0.25, 0.3) is 11.5 Å². The minimum Gasteiger partial charge on any atom is -0.421 e. The van der Waals surface area contributed by atoms with Crippen LogP contribution in [0.1, 0.15) is 12.3 Å². The van der Waals surface area contributed by atoms with Crippen LogP contribution in [-0.4, -0.2) is 59.1 Å². The fourth-order valence-corrected chi connectivity index (χ4v) is 2.49. The van der Waals surface area contributed by atoms with E-state index in [1.807, 2.05) is 4.90 Å². The maximum Gasteiger partial charge on any atom is 0.247 e. The number of hydrogen-bond acceptors (Lipinski definition) is 5. The lowest BCUT2D eigenvalue weighted by atomic mass is 10.2. The first-order chi connectivity index (χ1) is 11.1. The molecule has 2 aromatic rings. The minimum atomic E-state index is -0.314. The van der Waals surface area contributed by atoms with Crippen LogP contribution in [-0.2, 0) is 11.2 Å². The van der Waals surface area contributed by atoms with Gasteiger partial charge in [-0.25, -0.2) is 4.39 Å². The predicted molar refractivity (Wildman–Crippen MR) is 82.1 cm³/mol. The summed E-state index contributed by atoms with van der Waals surface area (Å²) in [6.45, 7) is 3.34. The number of piperazine rings is 1. The lowest BCUT2D eigenvalue weighted by Crippen LogP contribution is -2.47. The molecule has 6 nitrogen and oxygen atoms in total. The van der Waals surface area contributed by atoms with Gasteiger partial charge in [-0.2, -0.15) is 0 Å². The Labute approximate surface area is 133 Å². The van der Waals surface area contributed by atoms with E-state index in [1.54, 1.807) is 12.1 Å². The Balaban J connectivity index is 1.55. The number of aryl methyl sites for hydroxylation is 1. The first-order valence-electron chi connectivity index (χ1n) is 7.66. The largest absolute Gasteiger partial charge is 0.421 e. The number of likely N-dealkylation sites (N-methyl/N-ethyl adjacent to an activating group) is 1. The second-order valence-corrected chi connectivity index (χ2v) is 5.69. The quantitative estimate of drug-likeness (QED) is 0.856. The van der Waals surface area contributed by atoms with Crippen molar-refractivity contribution < 1.29 is 13.6 Å². The summed E-state index contributed by atoms with van der Waals surface area (Å²) >= 11 is 0. The number of carbonyl (C=O) groups is 1. The van der Waals surface area contributed by atoms with Crippen LogP contribution in [0, 0.1) is 5.82 Å². The molecule has 0 N–H and O–H groups in total. The number of hydrogen-bond donors (Lipinski definition) is 0. The lowest BCUT2D eigenvalue weighted by molar-refractivity contribution is -0.132. The van der Waals surface area contributed by atoms with E-state index >= 15 is 0 Å². The summed E-state index contributed by atoms with van der Waals surface area (Å²) < 4.78 is 18.4. The van der Waals surface area contributed by atoms with Crippen molar-refractivity contribution in [3.05, 3.63) is 36.0 Å². The Bertz CT molecular complexity index is 663. The molecule has 0 spiro atoms. The Kier molecular flexibility index (Phi) is 4.66. The summed E-state index contributed by atoms with van der Waals surface area (Å²) in [5, 5.41) is 7.90. The van der Waals surface area contributed by atoms with Gasteiger partial charge in [0.05, 0.1) is 0 Å². The molecule has 2 heterocycles. The molecule has 1 aromatic heterocycles. The highest BCUT2D eigenvalue weighted by Crippen LogP contribution is 2.18. The van der Waals surface area contributed by atoms with E-state index in [9.17, 15) is 9.18 Å². The molecule has 1 saturated heterocycles. The minimum absolute atomic E-state index is 0.111. The Morgan fingerprint density at radius 2 is 1.87 bits per heavy atom. The molecule has 7 heteroatoms. The molecule has 0 aliphatic carbocycles. The average Bonchev–Trinajstić information content (AvgIpc) is 3.03. The van der Waals surface area contributed by atoms with E-state index in [0.29, 0.717) is 30.2 Å². The van der Waals surface area contributed by atoms with Crippen molar-refractivity contribution in [1.82, 2.24) is 20.0 Å². The number of rotatable bonds is 4. The van der Waals surface area contributed by atoms with E-state index in [-0.39, 0.29) is 11.7 Å². The van der Waals surface area contributed by atoms with Gasteiger partial charge in [-0.05, 0) is 31.3 Å². The standard InChI is InChI=1S/C16H19FN4O2/c1-20-8-10-21(11-9-20)15(22)7-6-14-18-19-16(23-14)12-2-4-13(17)5-3-12/h2-5H,6-11H2,1H3. The summed E-state index contributed by atoms with van der Waals surface area (Å²) in [5.74, 6) is 0.560. The van der Waals surface area contributed by atoms with Gasteiger partial charge in [-0.15, -0.1) is 10.2 Å². The topological polar surface area (TPSA) is 62.5 Å². The first-order valence-corrected chi connectivity index (χ1v) is 7.66. The van der Waals surface area contributed by atoms with Crippen molar-refractivity contribution >= 4 is 5.91 Å². The zero-order chi connectivity index (χ0) is 16.2. The van der Waals surface area contributed by atoms with E-state index in [4.69, 9.17) is 4.42 Å². The molecule has 1 fully saturated rings. The highest BCUT2D eigenvalue weighted by atomic mass is 19.1. The van der Waals surface area contributed by atoms with Crippen LogP contribution in [0.4, 0.5) is 4.39 Å². The molecule has 122 valence electrons. The highest BCUT2D eigenvalue weighted by Gasteiger charge is 2.19. The first kappa shape index (κ1) is 15.6. The predicted octanol–water partition coefficient (Wildman–Crippen LogP) is 1.58. The second-order valence-electron chi connectivity index (χ2n) is 5.69. The number of aromatic nitrogens is 2. The van der Waals surface area contributed by atoms with Crippen molar-refractivity contribution in [2.45, 2.75) is 12.8 Å². The summed E-state index contributed by atoms with van der Waals surface area (Å²) in [7, 11) is 2.05. The molecule has 0 atom stereocenters. The maximum absolute atomic E-state index is 12.9. The lowest BCUT2D eigenvalue weighted by Gasteiger charge is -2.32. The van der Waals surface area contributed by atoms with E-state index < -0.39 is 0 Å². The monoisotopic (exact) mass is 318 g/mol. The number of carbonyl (C=O) groups excluding carboxylic acids is 1. The molecule has 23 heavy (non-hydrogen) atoms. The zero-order valence-electron chi connectivity index (χ0n) is 13.0. The van der Waals surface area contributed by atoms with E-state index in [1.165, 1.54) is 12.1 Å². The van der Waals surface area contributed by atoms with E-state index in [0.717, 1.165) is 26.2 Å². The molecule has 1 aliphatic heterocycles. The van der Waals surface area contributed by atoms with Crippen molar-refractivity contribution in [2.24, 2.45) is 0 Å². The van der Waals surface area contributed by atoms with Gasteiger partial charge < -0.3 is 14.2 Å². The van der Waals surface area contributed by atoms with Gasteiger partial charge in [0.1, 0.15) is 5.82 Å². The van der Waals surface area contributed by atoms with Gasteiger partial charge >= 0.3 is 0 Å². The van der Waals surface area contributed by atoms with Crippen LogP contribution in [0.5, 0.6) is 0 Å². The molecule has 0 unspecified atom stereocenters. The molecule has 0 saturated carbocycles. The normalized spacial score (nSPS) is 15.8. The smallest absolute Gasteiger partial charge is 0.247 e. The summed E-state index contributed by atoms with van der Waals surface area (Å²) in [4.78, 5) is 16.2. The Morgan fingerprint density at radius 1 is 1.17 bits per heavy atom. The molecular weight excluding hydrogens is 299 g/mol. The number of amides is 1. The fraction of sp³-hybridized carbons (Fsp3) is 0.438. The zero-order valence-corrected chi connectivity index (χ0v) is 13.0. The molecule has 0 radical (unpaired) electrons. The SMILES string of the molecule is CN1CCN(C(=O)CCc2nnc(-c3ccc(F)cc3)o2)CC1. The van der Waals surface area contributed by atoms with Crippen molar-refractivity contribution in [3.8, 4) is 11.5 Å². The summed E-state index contributed by atoms with van der Waals surface area (Å²) in [5.41, 5.74) is 0.663. The molecule has 1 amide bonds. The van der Waals surface area contributed by atoms with Crippen LogP contribution in [0.3, 0.4) is 0 Å². The van der Waals surface area contributed by atoms with Gasteiger partial charge in [0.15, 0.2) is 0 Å². The van der Waals surface area contributed by atoms with Crippen molar-refractivity contribution in [3.63, 3.8) is 0 Å². The van der Waals surface area contributed by atoms with Gasteiger partial charge in [-0.1, -0.05) is 0 Å².